The molecule has 94 valence electrons. The average Bonchev–Trinajstić information content (AvgIpc) is 2.32. The van der Waals surface area contributed by atoms with Crippen molar-refractivity contribution in [2.75, 3.05) is 0 Å². The fourth-order valence-corrected chi connectivity index (χ4v) is 2.64. The minimum absolute atomic E-state index is 0.577. The molecule has 2 aromatic rings. The molecule has 0 fully saturated rings. The summed E-state index contributed by atoms with van der Waals surface area (Å²) in [5.74, 6) is 0.577. The van der Waals surface area contributed by atoms with Gasteiger partial charge < -0.3 is 0 Å². The predicted octanol–water partition coefficient (Wildman–Crippen LogP) is 5.40. The van der Waals surface area contributed by atoms with Crippen LogP contribution in [0.1, 0.15) is 42.0 Å². The second-order valence-electron chi connectivity index (χ2n) is 5.50. The molecular weight excluding hydrogens is 216 g/mol. The van der Waals surface area contributed by atoms with Crippen LogP contribution in [0.2, 0.25) is 0 Å². The summed E-state index contributed by atoms with van der Waals surface area (Å²) in [6.07, 6.45) is 0. The van der Waals surface area contributed by atoms with Crippen LogP contribution < -0.4 is 0 Å². The van der Waals surface area contributed by atoms with E-state index in [-0.39, 0.29) is 0 Å². The van der Waals surface area contributed by atoms with Crippen LogP contribution in [-0.2, 0) is 0 Å². The zero-order chi connectivity index (χ0) is 13.3. The lowest BCUT2D eigenvalue weighted by Gasteiger charge is -2.17. The normalized spacial score (nSPS) is 11.0. The zero-order valence-corrected chi connectivity index (χ0v) is 12.0. The van der Waals surface area contributed by atoms with Gasteiger partial charge in [-0.05, 0) is 54.5 Å². The Balaban J connectivity index is 2.69. The second kappa shape index (κ2) is 4.97. The fraction of sp³-hybridized carbons (Fsp3) is 0.333. The van der Waals surface area contributed by atoms with Crippen molar-refractivity contribution in [1.82, 2.24) is 0 Å². The fourth-order valence-electron chi connectivity index (χ4n) is 2.64. The summed E-state index contributed by atoms with van der Waals surface area (Å²) in [7, 11) is 0. The Labute approximate surface area is 111 Å². The summed E-state index contributed by atoms with van der Waals surface area (Å²) in [5, 5.41) is 0. The SMILES string of the molecule is Cc1cc(-c2ccccc2C)c(C)c(C(C)C)c1. The van der Waals surface area contributed by atoms with E-state index in [9.17, 15) is 0 Å². The van der Waals surface area contributed by atoms with E-state index in [4.69, 9.17) is 0 Å². The largest absolute Gasteiger partial charge is 0.0620 e. The first-order chi connectivity index (χ1) is 8.50. The quantitative estimate of drug-likeness (QED) is 0.657. The number of hydrogen-bond donors (Lipinski definition) is 0. The van der Waals surface area contributed by atoms with Crippen LogP contribution in [0, 0.1) is 20.8 Å². The van der Waals surface area contributed by atoms with Gasteiger partial charge in [-0.1, -0.05) is 55.8 Å². The Morgan fingerprint density at radius 3 is 2.11 bits per heavy atom. The van der Waals surface area contributed by atoms with Gasteiger partial charge in [0, 0.05) is 0 Å². The summed E-state index contributed by atoms with van der Waals surface area (Å²) in [6.45, 7) is 11.2. The molecule has 2 rings (SSSR count). The predicted molar refractivity (Wildman–Crippen MR) is 80.2 cm³/mol. The van der Waals surface area contributed by atoms with Gasteiger partial charge in [-0.2, -0.15) is 0 Å². The molecule has 0 nitrogen and oxygen atoms in total. The van der Waals surface area contributed by atoms with Gasteiger partial charge >= 0.3 is 0 Å². The van der Waals surface area contributed by atoms with Gasteiger partial charge in [-0.15, -0.1) is 0 Å². The van der Waals surface area contributed by atoms with Crippen LogP contribution in [0.4, 0.5) is 0 Å². The zero-order valence-electron chi connectivity index (χ0n) is 12.0. The van der Waals surface area contributed by atoms with Crippen LogP contribution in [0.5, 0.6) is 0 Å². The van der Waals surface area contributed by atoms with Gasteiger partial charge in [-0.3, -0.25) is 0 Å². The second-order valence-corrected chi connectivity index (χ2v) is 5.50. The first kappa shape index (κ1) is 12.9. The number of rotatable bonds is 2. The summed E-state index contributed by atoms with van der Waals surface area (Å²) in [4.78, 5) is 0. The Morgan fingerprint density at radius 1 is 0.833 bits per heavy atom. The monoisotopic (exact) mass is 238 g/mol. The summed E-state index contributed by atoms with van der Waals surface area (Å²) < 4.78 is 0. The molecule has 0 radical (unpaired) electrons. The topological polar surface area (TPSA) is 0 Å². The van der Waals surface area contributed by atoms with Crippen molar-refractivity contribution in [3.05, 3.63) is 58.7 Å². The molecule has 0 saturated heterocycles. The molecule has 0 spiro atoms. The Bertz CT molecular complexity index is 562. The third-order valence-corrected chi connectivity index (χ3v) is 3.65. The van der Waals surface area contributed by atoms with Gasteiger partial charge in [0.2, 0.25) is 0 Å². The van der Waals surface area contributed by atoms with Crippen LogP contribution in [0.25, 0.3) is 11.1 Å². The van der Waals surface area contributed by atoms with Crippen LogP contribution in [-0.4, -0.2) is 0 Å². The third-order valence-electron chi connectivity index (χ3n) is 3.65. The molecule has 18 heavy (non-hydrogen) atoms. The molecule has 0 aromatic heterocycles. The van der Waals surface area contributed by atoms with E-state index in [0.717, 1.165) is 0 Å². The molecule has 2 aromatic carbocycles. The minimum Gasteiger partial charge on any atom is -0.0620 e. The molecule has 0 N–H and O–H groups in total. The molecule has 0 saturated carbocycles. The van der Waals surface area contributed by atoms with Crippen molar-refractivity contribution in [1.29, 1.82) is 0 Å². The lowest BCUT2D eigenvalue weighted by molar-refractivity contribution is 0.855. The maximum Gasteiger partial charge on any atom is -0.0147 e. The van der Waals surface area contributed by atoms with E-state index < -0.39 is 0 Å². The lowest BCUT2D eigenvalue weighted by Crippen LogP contribution is -1.97. The maximum absolute atomic E-state index is 2.32. The number of aryl methyl sites for hydroxylation is 2. The van der Waals surface area contributed by atoms with E-state index in [1.807, 2.05) is 0 Å². The van der Waals surface area contributed by atoms with Gasteiger partial charge in [-0.25, -0.2) is 0 Å². The third kappa shape index (κ3) is 2.33. The Kier molecular flexibility index (Phi) is 3.56. The number of hydrogen-bond acceptors (Lipinski definition) is 0. The first-order valence-corrected chi connectivity index (χ1v) is 6.68. The highest BCUT2D eigenvalue weighted by molar-refractivity contribution is 5.72. The van der Waals surface area contributed by atoms with E-state index in [2.05, 4.69) is 71.0 Å². The number of benzene rings is 2. The van der Waals surface area contributed by atoms with Crippen LogP contribution >= 0.6 is 0 Å². The lowest BCUT2D eigenvalue weighted by atomic mass is 9.88. The van der Waals surface area contributed by atoms with E-state index >= 15 is 0 Å². The minimum atomic E-state index is 0.577. The van der Waals surface area contributed by atoms with E-state index in [0.29, 0.717) is 5.92 Å². The van der Waals surface area contributed by atoms with Crippen molar-refractivity contribution in [2.24, 2.45) is 0 Å². The van der Waals surface area contributed by atoms with E-state index in [1.54, 1.807) is 0 Å². The standard InChI is InChI=1S/C18H22/c1-12(2)17-10-13(3)11-18(15(17)5)16-9-7-6-8-14(16)4/h6-12H,1-5H3. The molecule has 0 unspecified atom stereocenters. The highest BCUT2D eigenvalue weighted by Crippen LogP contribution is 2.32. The van der Waals surface area contributed by atoms with Gasteiger partial charge in [0.25, 0.3) is 0 Å². The average molecular weight is 238 g/mol. The molecule has 0 heterocycles. The van der Waals surface area contributed by atoms with Crippen LogP contribution in [0.3, 0.4) is 0 Å². The Hall–Kier alpha value is -1.56. The molecule has 0 aliphatic carbocycles. The highest BCUT2D eigenvalue weighted by Gasteiger charge is 2.11. The highest BCUT2D eigenvalue weighted by atomic mass is 14.2. The molecule has 0 aliphatic rings. The molecule has 0 amide bonds. The van der Waals surface area contributed by atoms with Crippen molar-refractivity contribution >= 4 is 0 Å². The van der Waals surface area contributed by atoms with Gasteiger partial charge in [0.15, 0.2) is 0 Å². The summed E-state index contributed by atoms with van der Waals surface area (Å²) >= 11 is 0. The molecule has 0 atom stereocenters. The van der Waals surface area contributed by atoms with Crippen molar-refractivity contribution in [2.45, 2.75) is 40.5 Å². The summed E-state index contributed by atoms with van der Waals surface area (Å²) in [6, 6.07) is 13.3. The van der Waals surface area contributed by atoms with Gasteiger partial charge in [0.1, 0.15) is 0 Å². The molecule has 0 aliphatic heterocycles. The maximum atomic E-state index is 2.32. The van der Waals surface area contributed by atoms with Gasteiger partial charge in [0.05, 0.1) is 0 Å². The Morgan fingerprint density at radius 2 is 1.50 bits per heavy atom. The van der Waals surface area contributed by atoms with Crippen molar-refractivity contribution in [3.8, 4) is 11.1 Å². The molecular formula is C18H22. The smallest absolute Gasteiger partial charge is 0.0147 e. The summed E-state index contributed by atoms with van der Waals surface area (Å²) in [5.41, 5.74) is 8.33. The molecule has 0 heteroatoms. The molecule has 0 bridgehead atoms. The van der Waals surface area contributed by atoms with Crippen molar-refractivity contribution < 1.29 is 0 Å². The van der Waals surface area contributed by atoms with Crippen LogP contribution in [0.15, 0.2) is 36.4 Å². The van der Waals surface area contributed by atoms with E-state index in [1.165, 1.54) is 33.4 Å². The first-order valence-electron chi connectivity index (χ1n) is 6.68. The van der Waals surface area contributed by atoms with Crippen molar-refractivity contribution in [3.63, 3.8) is 0 Å².